The Morgan fingerprint density at radius 1 is 1.05 bits per heavy atom. The van der Waals surface area contributed by atoms with Crippen LogP contribution < -0.4 is 4.90 Å². The minimum atomic E-state index is 0.206. The van der Waals surface area contributed by atoms with Gasteiger partial charge in [-0.3, -0.25) is 9.78 Å². The van der Waals surface area contributed by atoms with E-state index in [-0.39, 0.29) is 5.91 Å². The van der Waals surface area contributed by atoms with Crippen LogP contribution in [0, 0.1) is 0 Å². The van der Waals surface area contributed by atoms with Crippen molar-refractivity contribution in [2.75, 3.05) is 31.1 Å². The predicted octanol–water partition coefficient (Wildman–Crippen LogP) is 1.15. The number of carbonyl (C=O) groups excluding carboxylic acids is 1. The van der Waals surface area contributed by atoms with Gasteiger partial charge in [0.15, 0.2) is 0 Å². The molecule has 1 aliphatic heterocycles. The number of hydrogen-bond acceptors (Lipinski definition) is 5. The molecule has 0 saturated carbocycles. The Labute approximate surface area is 129 Å². The van der Waals surface area contributed by atoms with Gasteiger partial charge in [0.2, 0.25) is 11.9 Å². The van der Waals surface area contributed by atoms with Gasteiger partial charge in [-0.25, -0.2) is 9.97 Å². The maximum atomic E-state index is 12.3. The Morgan fingerprint density at radius 3 is 2.50 bits per heavy atom. The minimum Gasteiger partial charge on any atom is -0.339 e. The highest BCUT2D eigenvalue weighted by atomic mass is 16.2. The molecule has 0 radical (unpaired) electrons. The normalized spacial score (nSPS) is 14.9. The van der Waals surface area contributed by atoms with Crippen LogP contribution in [0.5, 0.6) is 0 Å². The van der Waals surface area contributed by atoms with Crippen LogP contribution in [-0.4, -0.2) is 51.9 Å². The van der Waals surface area contributed by atoms with E-state index < -0.39 is 0 Å². The first kappa shape index (κ1) is 14.4. The molecule has 1 aliphatic rings. The number of aromatic nitrogens is 3. The van der Waals surface area contributed by atoms with Gasteiger partial charge in [-0.2, -0.15) is 0 Å². The molecule has 0 unspecified atom stereocenters. The summed E-state index contributed by atoms with van der Waals surface area (Å²) in [5.74, 6) is 0.947. The van der Waals surface area contributed by atoms with Crippen LogP contribution in [-0.2, 0) is 11.2 Å². The zero-order valence-electron chi connectivity index (χ0n) is 12.4. The van der Waals surface area contributed by atoms with Gasteiger partial charge < -0.3 is 9.80 Å². The van der Waals surface area contributed by atoms with Crippen molar-refractivity contribution in [2.45, 2.75) is 12.8 Å². The van der Waals surface area contributed by atoms with Crippen molar-refractivity contribution >= 4 is 11.9 Å². The molecule has 3 rings (SSSR count). The maximum absolute atomic E-state index is 12.3. The molecule has 6 nitrogen and oxygen atoms in total. The van der Waals surface area contributed by atoms with E-state index in [0.29, 0.717) is 6.42 Å². The molecule has 114 valence electrons. The van der Waals surface area contributed by atoms with Crippen molar-refractivity contribution in [1.29, 1.82) is 0 Å². The van der Waals surface area contributed by atoms with Crippen LogP contribution >= 0.6 is 0 Å². The zero-order chi connectivity index (χ0) is 15.2. The Hall–Kier alpha value is -2.50. The molecule has 22 heavy (non-hydrogen) atoms. The van der Waals surface area contributed by atoms with Crippen LogP contribution in [0.2, 0.25) is 0 Å². The molecular weight excluding hydrogens is 278 g/mol. The third-order valence-corrected chi connectivity index (χ3v) is 3.82. The Morgan fingerprint density at radius 2 is 1.82 bits per heavy atom. The summed E-state index contributed by atoms with van der Waals surface area (Å²) in [7, 11) is 0. The van der Waals surface area contributed by atoms with Crippen molar-refractivity contribution in [1.82, 2.24) is 19.9 Å². The number of nitrogens with zero attached hydrogens (tertiary/aromatic N) is 5. The molecule has 2 aromatic rings. The molecule has 6 heteroatoms. The van der Waals surface area contributed by atoms with Gasteiger partial charge in [0, 0.05) is 57.4 Å². The van der Waals surface area contributed by atoms with Gasteiger partial charge >= 0.3 is 0 Å². The van der Waals surface area contributed by atoms with Crippen molar-refractivity contribution in [3.8, 4) is 0 Å². The summed E-state index contributed by atoms with van der Waals surface area (Å²) in [6.07, 6.45) is 8.33. The Bertz CT molecular complexity index is 596. The van der Waals surface area contributed by atoms with Gasteiger partial charge in [-0.05, 0) is 24.1 Å². The van der Waals surface area contributed by atoms with Gasteiger partial charge in [-0.1, -0.05) is 6.07 Å². The lowest BCUT2D eigenvalue weighted by molar-refractivity contribution is -0.131. The standard InChI is InChI=1S/C16H19N5O/c22-15(5-4-14-3-1-6-17-13-14)20-9-11-21(12-10-20)16-18-7-2-8-19-16/h1-3,6-8,13H,4-5,9-12H2. The average molecular weight is 297 g/mol. The topological polar surface area (TPSA) is 62.2 Å². The molecule has 0 aliphatic carbocycles. The van der Waals surface area contributed by atoms with Crippen molar-refractivity contribution in [3.05, 3.63) is 48.5 Å². The van der Waals surface area contributed by atoms with Crippen LogP contribution in [0.25, 0.3) is 0 Å². The minimum absolute atomic E-state index is 0.206. The molecule has 0 N–H and O–H groups in total. The average Bonchev–Trinajstić information content (AvgIpc) is 2.61. The molecular formula is C16H19N5O. The summed E-state index contributed by atoms with van der Waals surface area (Å²) in [6, 6.07) is 5.71. The van der Waals surface area contributed by atoms with E-state index in [1.807, 2.05) is 29.3 Å². The third-order valence-electron chi connectivity index (χ3n) is 3.82. The van der Waals surface area contributed by atoms with E-state index in [2.05, 4.69) is 19.9 Å². The number of pyridine rings is 1. The lowest BCUT2D eigenvalue weighted by Crippen LogP contribution is -2.49. The van der Waals surface area contributed by atoms with E-state index in [4.69, 9.17) is 0 Å². The summed E-state index contributed by atoms with van der Waals surface area (Å²) in [4.78, 5) is 28.9. The number of carbonyl (C=O) groups is 1. The largest absolute Gasteiger partial charge is 0.339 e. The fraction of sp³-hybridized carbons (Fsp3) is 0.375. The first-order chi connectivity index (χ1) is 10.8. The first-order valence-corrected chi connectivity index (χ1v) is 7.51. The van der Waals surface area contributed by atoms with Crippen LogP contribution in [0.3, 0.4) is 0 Å². The van der Waals surface area contributed by atoms with Crippen LogP contribution in [0.15, 0.2) is 43.0 Å². The van der Waals surface area contributed by atoms with Gasteiger partial charge in [0.05, 0.1) is 0 Å². The quantitative estimate of drug-likeness (QED) is 0.847. The zero-order valence-corrected chi connectivity index (χ0v) is 12.4. The molecule has 1 saturated heterocycles. The van der Waals surface area contributed by atoms with E-state index in [1.54, 1.807) is 18.6 Å². The number of piperazine rings is 1. The van der Waals surface area contributed by atoms with Crippen LogP contribution in [0.1, 0.15) is 12.0 Å². The third kappa shape index (κ3) is 3.58. The summed E-state index contributed by atoms with van der Waals surface area (Å²) in [6.45, 7) is 3.01. The molecule has 1 fully saturated rings. The second-order valence-electron chi connectivity index (χ2n) is 5.28. The Balaban J connectivity index is 1.48. The SMILES string of the molecule is O=C(CCc1cccnc1)N1CCN(c2ncccn2)CC1. The number of rotatable bonds is 4. The number of hydrogen-bond donors (Lipinski definition) is 0. The molecule has 2 aromatic heterocycles. The summed E-state index contributed by atoms with van der Waals surface area (Å²) in [5.41, 5.74) is 1.10. The highest BCUT2D eigenvalue weighted by molar-refractivity contribution is 5.76. The maximum Gasteiger partial charge on any atom is 0.225 e. The summed E-state index contributed by atoms with van der Waals surface area (Å²) < 4.78 is 0. The number of anilines is 1. The fourth-order valence-corrected chi connectivity index (χ4v) is 2.57. The van der Waals surface area contributed by atoms with E-state index in [1.165, 1.54) is 0 Å². The van der Waals surface area contributed by atoms with Gasteiger partial charge in [-0.15, -0.1) is 0 Å². The fourth-order valence-electron chi connectivity index (χ4n) is 2.57. The molecule has 0 atom stereocenters. The lowest BCUT2D eigenvalue weighted by Gasteiger charge is -2.34. The second-order valence-corrected chi connectivity index (χ2v) is 5.28. The number of amides is 1. The number of aryl methyl sites for hydroxylation is 1. The first-order valence-electron chi connectivity index (χ1n) is 7.51. The molecule has 0 bridgehead atoms. The van der Waals surface area contributed by atoms with Crippen LogP contribution in [0.4, 0.5) is 5.95 Å². The van der Waals surface area contributed by atoms with Crippen molar-refractivity contribution < 1.29 is 4.79 Å². The highest BCUT2D eigenvalue weighted by Crippen LogP contribution is 2.11. The smallest absolute Gasteiger partial charge is 0.225 e. The Kier molecular flexibility index (Phi) is 4.58. The molecule has 3 heterocycles. The molecule has 0 spiro atoms. The highest BCUT2D eigenvalue weighted by Gasteiger charge is 2.22. The van der Waals surface area contributed by atoms with Gasteiger partial charge in [0.25, 0.3) is 0 Å². The van der Waals surface area contributed by atoms with E-state index in [0.717, 1.165) is 44.1 Å². The molecule has 1 amide bonds. The van der Waals surface area contributed by atoms with E-state index in [9.17, 15) is 4.79 Å². The van der Waals surface area contributed by atoms with E-state index >= 15 is 0 Å². The van der Waals surface area contributed by atoms with Crippen molar-refractivity contribution in [2.24, 2.45) is 0 Å². The second kappa shape index (κ2) is 6.98. The van der Waals surface area contributed by atoms with Crippen molar-refractivity contribution in [3.63, 3.8) is 0 Å². The predicted molar refractivity (Wildman–Crippen MR) is 83.4 cm³/mol. The summed E-state index contributed by atoms with van der Waals surface area (Å²) in [5, 5.41) is 0. The van der Waals surface area contributed by atoms with Gasteiger partial charge in [0.1, 0.15) is 0 Å². The molecule has 0 aromatic carbocycles. The lowest BCUT2D eigenvalue weighted by atomic mass is 10.1. The monoisotopic (exact) mass is 297 g/mol. The summed E-state index contributed by atoms with van der Waals surface area (Å²) >= 11 is 0.